The van der Waals surface area contributed by atoms with E-state index in [0.717, 1.165) is 0 Å². The first-order valence-electron chi connectivity index (χ1n) is 4.29. The first-order valence-corrected chi connectivity index (χ1v) is 6.79. The second-order valence-corrected chi connectivity index (χ2v) is 5.70. The van der Waals surface area contributed by atoms with Crippen LogP contribution in [0.25, 0.3) is 0 Å². The number of rotatable bonds is 3. The van der Waals surface area contributed by atoms with Gasteiger partial charge in [0.25, 0.3) is 10.1 Å². The van der Waals surface area contributed by atoms with E-state index in [9.17, 15) is 17.2 Å². The topological polar surface area (TPSA) is 130 Å². The highest BCUT2D eigenvalue weighted by molar-refractivity contribution is 7.86. The van der Waals surface area contributed by atoms with Crippen LogP contribution in [0.5, 0.6) is 0 Å². The van der Waals surface area contributed by atoms with Crippen molar-refractivity contribution in [2.45, 2.75) is 36.7 Å². The molecule has 0 aromatic rings. The first-order chi connectivity index (χ1) is 6.80. The van der Waals surface area contributed by atoms with Crippen LogP contribution in [0.1, 0.15) is 19.3 Å². The van der Waals surface area contributed by atoms with Crippen molar-refractivity contribution in [2.24, 2.45) is 5.73 Å². The Labute approximate surface area is 90.2 Å². The van der Waals surface area contributed by atoms with Crippen LogP contribution in [0.3, 0.4) is 0 Å². The Bertz CT molecular complexity index is 342. The summed E-state index contributed by atoms with van der Waals surface area (Å²) in [7, 11) is -4.33. The molecule has 0 saturated heterocycles. The average molecular weight is 258 g/mol. The van der Waals surface area contributed by atoms with Crippen molar-refractivity contribution in [3.63, 3.8) is 0 Å². The van der Waals surface area contributed by atoms with Gasteiger partial charge in [0.1, 0.15) is 5.25 Å². The predicted molar refractivity (Wildman–Crippen MR) is 51.0 cm³/mol. The summed E-state index contributed by atoms with van der Waals surface area (Å²) in [6.07, 6.45) is -0.382. The molecule has 4 atom stereocenters. The number of nitrogens with two attached hydrogens (primary N) is 1. The van der Waals surface area contributed by atoms with Crippen molar-refractivity contribution in [2.75, 3.05) is 0 Å². The second-order valence-electron chi connectivity index (χ2n) is 3.47. The Balaban J connectivity index is 2.80. The van der Waals surface area contributed by atoms with Crippen LogP contribution in [0.2, 0.25) is 0 Å². The summed E-state index contributed by atoms with van der Waals surface area (Å²) in [6.45, 7) is 0. The normalized spacial score (nSPS) is 35.0. The Hall–Kier alpha value is -0.0600. The van der Waals surface area contributed by atoms with Gasteiger partial charge in [0.2, 0.25) is 0 Å². The van der Waals surface area contributed by atoms with Crippen molar-refractivity contribution in [3.05, 3.63) is 0 Å². The van der Waals surface area contributed by atoms with Crippen molar-refractivity contribution >= 4 is 21.5 Å². The van der Waals surface area contributed by atoms with E-state index in [2.05, 4.69) is 4.18 Å². The zero-order valence-electron chi connectivity index (χ0n) is 7.74. The van der Waals surface area contributed by atoms with Gasteiger partial charge in [-0.1, -0.05) is 0 Å². The zero-order chi connectivity index (χ0) is 11.6. The molecule has 1 fully saturated rings. The van der Waals surface area contributed by atoms with Gasteiger partial charge >= 0.3 is 0 Å². The lowest BCUT2D eigenvalue weighted by Crippen LogP contribution is -2.45. The molecule has 15 heavy (non-hydrogen) atoms. The quantitative estimate of drug-likeness (QED) is 0.487. The maximum Gasteiger partial charge on any atom is 0.270 e. The van der Waals surface area contributed by atoms with Gasteiger partial charge in [0, 0.05) is 6.04 Å². The maximum atomic E-state index is 10.9. The van der Waals surface area contributed by atoms with Crippen LogP contribution >= 0.6 is 0 Å². The minimum atomic E-state index is -4.33. The predicted octanol–water partition coefficient (Wildman–Crippen LogP) is -1.07. The molecule has 90 valence electrons. The van der Waals surface area contributed by atoms with Crippen molar-refractivity contribution in [1.29, 1.82) is 0 Å². The summed E-state index contributed by atoms with van der Waals surface area (Å²) in [5.41, 5.74) is 5.53. The van der Waals surface area contributed by atoms with E-state index >= 15 is 0 Å². The summed E-state index contributed by atoms with van der Waals surface area (Å²) < 4.78 is 55.7. The van der Waals surface area contributed by atoms with Gasteiger partial charge in [-0.3, -0.25) is 8.74 Å². The van der Waals surface area contributed by atoms with E-state index in [0.29, 0.717) is 6.42 Å². The Morgan fingerprint density at radius 1 is 1.47 bits per heavy atom. The molecule has 0 aromatic carbocycles. The zero-order valence-corrected chi connectivity index (χ0v) is 9.37. The van der Waals surface area contributed by atoms with Crippen LogP contribution in [0, 0.1) is 0 Å². The first kappa shape index (κ1) is 13.0. The summed E-state index contributed by atoms with van der Waals surface area (Å²) in [5.74, 6) is 0. The highest BCUT2D eigenvalue weighted by Crippen LogP contribution is 2.26. The molecule has 0 amide bonds. The molecule has 1 saturated carbocycles. The molecular formula is C6H12NO6S2-. The van der Waals surface area contributed by atoms with Gasteiger partial charge < -0.3 is 10.3 Å². The van der Waals surface area contributed by atoms with Gasteiger partial charge in [0.15, 0.2) is 0 Å². The van der Waals surface area contributed by atoms with Crippen LogP contribution in [-0.2, 0) is 25.7 Å². The second kappa shape index (κ2) is 4.85. The van der Waals surface area contributed by atoms with Gasteiger partial charge in [0.05, 0.1) is 17.5 Å². The summed E-state index contributed by atoms with van der Waals surface area (Å²) in [4.78, 5) is 0. The van der Waals surface area contributed by atoms with E-state index in [1.165, 1.54) is 0 Å². The van der Waals surface area contributed by atoms with Gasteiger partial charge in [-0.05, 0) is 19.3 Å². The van der Waals surface area contributed by atoms with Crippen LogP contribution in [-0.4, -0.2) is 39.1 Å². The molecule has 3 N–H and O–H groups in total. The monoisotopic (exact) mass is 258 g/mol. The summed E-state index contributed by atoms with van der Waals surface area (Å²) in [5, 5.41) is -1.26. The third-order valence-corrected chi connectivity index (χ3v) is 4.02. The van der Waals surface area contributed by atoms with Crippen molar-refractivity contribution in [3.8, 4) is 0 Å². The highest BCUT2D eigenvalue weighted by Gasteiger charge is 2.38. The Morgan fingerprint density at radius 3 is 2.53 bits per heavy atom. The fourth-order valence-corrected chi connectivity index (χ4v) is 3.22. The molecule has 0 radical (unpaired) electrons. The lowest BCUT2D eigenvalue weighted by atomic mass is 9.93. The lowest BCUT2D eigenvalue weighted by molar-refractivity contribution is 0.148. The SMILES string of the molecule is NC1CCC(OS(=O)[O-])C(S(=O)(=O)O)C1. The van der Waals surface area contributed by atoms with Crippen molar-refractivity contribution in [1.82, 2.24) is 0 Å². The minimum absolute atomic E-state index is 0.000694. The molecule has 9 heteroatoms. The van der Waals surface area contributed by atoms with Crippen molar-refractivity contribution < 1.29 is 25.9 Å². The molecule has 0 spiro atoms. The molecule has 1 aliphatic rings. The smallest absolute Gasteiger partial charge is 0.270 e. The molecule has 0 bridgehead atoms. The fourth-order valence-electron chi connectivity index (χ4n) is 1.66. The number of hydrogen-bond donors (Lipinski definition) is 2. The largest absolute Gasteiger partial charge is 0.750 e. The van der Waals surface area contributed by atoms with E-state index in [1.54, 1.807) is 0 Å². The van der Waals surface area contributed by atoms with Gasteiger partial charge in [-0.2, -0.15) is 8.42 Å². The van der Waals surface area contributed by atoms with E-state index in [-0.39, 0.29) is 18.9 Å². The van der Waals surface area contributed by atoms with Crippen LogP contribution < -0.4 is 5.73 Å². The maximum absolute atomic E-state index is 10.9. The standard InChI is InChI=1S/C6H13NO6S2/c7-4-1-2-5(13-14(8)9)6(3-4)15(10,11)12/h4-6H,1-3,7H2,(H,8,9)(H,10,11,12)/p-1. The summed E-state index contributed by atoms with van der Waals surface area (Å²) in [6, 6.07) is -0.364. The molecular weight excluding hydrogens is 246 g/mol. The molecule has 0 heterocycles. The molecule has 0 aromatic heterocycles. The molecule has 0 aliphatic heterocycles. The van der Waals surface area contributed by atoms with E-state index < -0.39 is 32.8 Å². The molecule has 1 aliphatic carbocycles. The van der Waals surface area contributed by atoms with Gasteiger partial charge in [-0.15, -0.1) is 0 Å². The molecule has 7 nitrogen and oxygen atoms in total. The third-order valence-electron chi connectivity index (χ3n) is 2.36. The lowest BCUT2D eigenvalue weighted by Gasteiger charge is -2.32. The minimum Gasteiger partial charge on any atom is -0.750 e. The fraction of sp³-hybridized carbons (Fsp3) is 1.00. The van der Waals surface area contributed by atoms with E-state index in [1.807, 2.05) is 0 Å². The third kappa shape index (κ3) is 3.78. The Morgan fingerprint density at radius 2 is 2.07 bits per heavy atom. The average Bonchev–Trinajstić information content (AvgIpc) is 2.05. The number of hydrogen-bond acceptors (Lipinski definition) is 6. The van der Waals surface area contributed by atoms with Crippen LogP contribution in [0.15, 0.2) is 0 Å². The molecule has 4 unspecified atom stereocenters. The Kier molecular flexibility index (Phi) is 4.20. The highest BCUT2D eigenvalue weighted by atomic mass is 32.2. The summed E-state index contributed by atoms with van der Waals surface area (Å²) >= 11 is -2.80. The molecule has 1 rings (SSSR count). The van der Waals surface area contributed by atoms with Gasteiger partial charge in [-0.25, -0.2) is 4.21 Å². The van der Waals surface area contributed by atoms with Crippen LogP contribution in [0.4, 0.5) is 0 Å². The van der Waals surface area contributed by atoms with E-state index in [4.69, 9.17) is 10.3 Å².